The van der Waals surface area contributed by atoms with Crippen LogP contribution in [0.1, 0.15) is 18.9 Å². The van der Waals surface area contributed by atoms with Crippen LogP contribution in [-0.4, -0.2) is 63.8 Å². The van der Waals surface area contributed by atoms with Gasteiger partial charge in [0.2, 0.25) is 5.91 Å². The monoisotopic (exact) mass is 394 g/mol. The number of carbonyl (C=O) groups is 1. The largest absolute Gasteiger partial charge is 0.338 e. The average Bonchev–Trinajstić information content (AvgIpc) is 3.20. The minimum Gasteiger partial charge on any atom is -0.338 e. The molecule has 1 amide bonds. The molecule has 1 saturated heterocycles. The molecule has 2 aromatic rings. The van der Waals surface area contributed by atoms with Gasteiger partial charge in [-0.25, -0.2) is 8.42 Å². The lowest BCUT2D eigenvalue weighted by Crippen LogP contribution is -2.42. The van der Waals surface area contributed by atoms with Crippen molar-refractivity contribution in [3.63, 3.8) is 0 Å². The van der Waals surface area contributed by atoms with Crippen molar-refractivity contribution in [1.29, 1.82) is 0 Å². The van der Waals surface area contributed by atoms with Gasteiger partial charge in [-0.05, 0) is 31.9 Å². The second-order valence-electron chi connectivity index (χ2n) is 6.30. The number of aromatic nitrogens is 3. The summed E-state index contributed by atoms with van der Waals surface area (Å²) >= 11 is 1.32. The van der Waals surface area contributed by atoms with E-state index in [2.05, 4.69) is 10.2 Å². The van der Waals surface area contributed by atoms with E-state index in [1.54, 1.807) is 11.2 Å². The minimum absolute atomic E-state index is 0.0661. The Bertz CT molecular complexity index is 895. The van der Waals surface area contributed by atoms with Gasteiger partial charge in [-0.3, -0.25) is 9.36 Å². The fourth-order valence-corrected chi connectivity index (χ4v) is 5.73. The predicted octanol–water partition coefficient (Wildman–Crippen LogP) is 1.70. The zero-order valence-electron chi connectivity index (χ0n) is 14.8. The summed E-state index contributed by atoms with van der Waals surface area (Å²) < 4.78 is 25.3. The van der Waals surface area contributed by atoms with E-state index in [4.69, 9.17) is 0 Å². The van der Waals surface area contributed by atoms with Gasteiger partial charge in [0.15, 0.2) is 15.0 Å². The van der Waals surface area contributed by atoms with Crippen molar-refractivity contribution in [2.45, 2.75) is 31.5 Å². The fraction of sp³-hybridized carbons (Fsp3) is 0.471. The summed E-state index contributed by atoms with van der Waals surface area (Å²) in [6, 6.07) is 7.68. The smallest absolute Gasteiger partial charge is 0.233 e. The molecule has 0 N–H and O–H groups in total. The van der Waals surface area contributed by atoms with E-state index in [0.29, 0.717) is 18.1 Å². The SMILES string of the molecule is CCN(C(=O)CSc1nncn1-c1ccccc1C)[C@H]1CCS(=O)(=O)C1. The lowest BCUT2D eigenvalue weighted by Gasteiger charge is -2.26. The van der Waals surface area contributed by atoms with Crippen LogP contribution in [0.15, 0.2) is 35.7 Å². The number of hydrogen-bond donors (Lipinski definition) is 0. The third-order valence-corrected chi connectivity index (χ3v) is 7.20. The highest BCUT2D eigenvalue weighted by Crippen LogP contribution is 2.23. The molecule has 0 spiro atoms. The summed E-state index contributed by atoms with van der Waals surface area (Å²) in [6.45, 7) is 4.39. The number of nitrogens with zero attached hydrogens (tertiary/aromatic N) is 4. The van der Waals surface area contributed by atoms with Crippen molar-refractivity contribution < 1.29 is 13.2 Å². The normalized spacial score (nSPS) is 18.8. The van der Waals surface area contributed by atoms with Crippen molar-refractivity contribution in [1.82, 2.24) is 19.7 Å². The Morgan fingerprint density at radius 1 is 1.38 bits per heavy atom. The predicted molar refractivity (Wildman–Crippen MR) is 101 cm³/mol. The molecule has 1 aliphatic heterocycles. The molecule has 1 aliphatic rings. The molecule has 9 heteroatoms. The highest BCUT2D eigenvalue weighted by atomic mass is 32.2. The lowest BCUT2D eigenvalue weighted by atomic mass is 10.2. The van der Waals surface area contributed by atoms with E-state index in [9.17, 15) is 13.2 Å². The zero-order chi connectivity index (χ0) is 18.7. The number of amides is 1. The molecule has 140 valence electrons. The average molecular weight is 395 g/mol. The van der Waals surface area contributed by atoms with Gasteiger partial charge in [0.1, 0.15) is 6.33 Å². The van der Waals surface area contributed by atoms with E-state index >= 15 is 0 Å². The maximum absolute atomic E-state index is 12.6. The summed E-state index contributed by atoms with van der Waals surface area (Å²) in [7, 11) is -3.02. The van der Waals surface area contributed by atoms with Crippen molar-refractivity contribution in [2.24, 2.45) is 0 Å². The minimum atomic E-state index is -3.02. The molecule has 2 heterocycles. The van der Waals surface area contributed by atoms with Crippen LogP contribution < -0.4 is 0 Å². The van der Waals surface area contributed by atoms with Crippen LogP contribution in [-0.2, 0) is 14.6 Å². The van der Waals surface area contributed by atoms with Crippen LogP contribution in [0.5, 0.6) is 0 Å². The number of rotatable bonds is 6. The number of carbonyl (C=O) groups excluding carboxylic acids is 1. The molecule has 7 nitrogen and oxygen atoms in total. The number of sulfone groups is 1. The van der Waals surface area contributed by atoms with Gasteiger partial charge in [0.25, 0.3) is 0 Å². The Kier molecular flexibility index (Phi) is 5.67. The Morgan fingerprint density at radius 2 is 2.15 bits per heavy atom. The van der Waals surface area contributed by atoms with Gasteiger partial charge in [0, 0.05) is 12.6 Å². The van der Waals surface area contributed by atoms with Gasteiger partial charge >= 0.3 is 0 Å². The Morgan fingerprint density at radius 3 is 2.81 bits per heavy atom. The number of aryl methyl sites for hydroxylation is 1. The van der Waals surface area contributed by atoms with Gasteiger partial charge in [-0.2, -0.15) is 0 Å². The first-order chi connectivity index (χ1) is 12.4. The Balaban J connectivity index is 1.69. The molecule has 0 unspecified atom stereocenters. The molecule has 3 rings (SSSR count). The van der Waals surface area contributed by atoms with E-state index in [-0.39, 0.29) is 29.2 Å². The Labute approximate surface area is 157 Å². The van der Waals surface area contributed by atoms with Gasteiger partial charge in [-0.1, -0.05) is 30.0 Å². The number of para-hydroxylation sites is 1. The van der Waals surface area contributed by atoms with Crippen molar-refractivity contribution >= 4 is 27.5 Å². The van der Waals surface area contributed by atoms with Crippen LogP contribution in [0.3, 0.4) is 0 Å². The molecule has 0 bridgehead atoms. The third-order valence-electron chi connectivity index (χ3n) is 4.53. The maximum atomic E-state index is 12.6. The standard InChI is InChI=1S/C17H22N4O3S2/c1-3-20(14-8-9-26(23,24)11-14)16(22)10-25-17-19-18-12-21(17)15-7-5-4-6-13(15)2/h4-7,12,14H,3,8-11H2,1-2H3/t14-/m0/s1. The summed E-state index contributed by atoms with van der Waals surface area (Å²) in [6.07, 6.45) is 2.16. The van der Waals surface area contributed by atoms with E-state index in [1.807, 2.05) is 42.7 Å². The fourth-order valence-electron chi connectivity index (χ4n) is 3.19. The summed E-state index contributed by atoms with van der Waals surface area (Å²) in [5.74, 6) is 0.362. The topological polar surface area (TPSA) is 85.2 Å². The summed E-state index contributed by atoms with van der Waals surface area (Å²) in [5.41, 5.74) is 2.06. The molecule has 0 saturated carbocycles. The highest BCUT2D eigenvalue weighted by Gasteiger charge is 2.33. The second-order valence-corrected chi connectivity index (χ2v) is 9.47. The third kappa shape index (κ3) is 4.09. The van der Waals surface area contributed by atoms with Crippen molar-refractivity contribution in [3.05, 3.63) is 36.2 Å². The molecule has 1 aromatic carbocycles. The quantitative estimate of drug-likeness (QED) is 0.694. The van der Waals surface area contributed by atoms with E-state index < -0.39 is 9.84 Å². The van der Waals surface area contributed by atoms with Gasteiger partial charge in [-0.15, -0.1) is 10.2 Å². The summed E-state index contributed by atoms with van der Waals surface area (Å²) in [4.78, 5) is 14.3. The van der Waals surface area contributed by atoms with Crippen LogP contribution in [0.25, 0.3) is 5.69 Å². The molecule has 0 radical (unpaired) electrons. The molecule has 26 heavy (non-hydrogen) atoms. The molecule has 1 atom stereocenters. The molecule has 1 aromatic heterocycles. The van der Waals surface area contributed by atoms with Crippen LogP contribution in [0, 0.1) is 6.92 Å². The molecular formula is C17H22N4O3S2. The maximum Gasteiger partial charge on any atom is 0.233 e. The van der Waals surface area contributed by atoms with Crippen molar-refractivity contribution in [3.8, 4) is 5.69 Å². The number of thioether (sulfide) groups is 1. The van der Waals surface area contributed by atoms with Gasteiger partial charge in [0.05, 0.1) is 22.9 Å². The first-order valence-electron chi connectivity index (χ1n) is 8.50. The molecule has 1 fully saturated rings. The number of hydrogen-bond acceptors (Lipinski definition) is 6. The van der Waals surface area contributed by atoms with Crippen LogP contribution >= 0.6 is 11.8 Å². The van der Waals surface area contributed by atoms with E-state index in [1.165, 1.54) is 11.8 Å². The Hall–Kier alpha value is -1.87. The van der Waals surface area contributed by atoms with Gasteiger partial charge < -0.3 is 4.90 Å². The van der Waals surface area contributed by atoms with Crippen LogP contribution in [0.4, 0.5) is 0 Å². The summed E-state index contributed by atoms with van der Waals surface area (Å²) in [5, 5.41) is 8.73. The van der Waals surface area contributed by atoms with Crippen molar-refractivity contribution in [2.75, 3.05) is 23.8 Å². The first kappa shape index (κ1) is 18.9. The first-order valence-corrected chi connectivity index (χ1v) is 11.3. The zero-order valence-corrected chi connectivity index (χ0v) is 16.5. The van der Waals surface area contributed by atoms with E-state index in [0.717, 1.165) is 11.3 Å². The number of benzene rings is 1. The molecule has 0 aliphatic carbocycles. The second kappa shape index (κ2) is 7.79. The molecular weight excluding hydrogens is 372 g/mol. The van der Waals surface area contributed by atoms with Crippen LogP contribution in [0.2, 0.25) is 0 Å². The highest BCUT2D eigenvalue weighted by molar-refractivity contribution is 7.99. The lowest BCUT2D eigenvalue weighted by molar-refractivity contribution is -0.129.